The van der Waals surface area contributed by atoms with E-state index in [1.165, 1.54) is 30.6 Å². The van der Waals surface area contributed by atoms with E-state index in [9.17, 15) is 22.4 Å². The number of carbonyl (C=O) groups is 1. The molecule has 2 N–H and O–H groups in total. The number of alkyl halides is 4. The lowest BCUT2D eigenvalue weighted by Gasteiger charge is -2.41. The number of halogens is 4. The van der Waals surface area contributed by atoms with Crippen molar-refractivity contribution in [1.82, 2.24) is 34.1 Å². The third kappa shape index (κ3) is 7.13. The summed E-state index contributed by atoms with van der Waals surface area (Å²) in [6.45, 7) is 8.30. The fraction of sp³-hybridized carbons (Fsp3) is 0.600. The number of fused-ring (bicyclic) bond motifs is 2. The van der Waals surface area contributed by atoms with Crippen LogP contribution in [0.15, 0.2) is 12.1 Å². The van der Waals surface area contributed by atoms with Gasteiger partial charge in [0.1, 0.15) is 35.2 Å². The number of carbonyl (C=O) groups excluding carboxylic acids is 1. The van der Waals surface area contributed by atoms with E-state index in [0.29, 0.717) is 61.4 Å². The maximum Gasteiger partial charge on any atom is 0.418 e. The number of hydrogen-bond acceptors (Lipinski definition) is 11. The van der Waals surface area contributed by atoms with Gasteiger partial charge < -0.3 is 20.3 Å². The second kappa shape index (κ2) is 13.6. The Morgan fingerprint density at radius 1 is 1.18 bits per heavy atom. The average Bonchev–Trinajstić information content (AvgIpc) is 3.71. The largest absolute Gasteiger partial charge is 0.461 e. The van der Waals surface area contributed by atoms with E-state index in [2.05, 4.69) is 19.2 Å². The molecule has 0 bridgehead atoms. The molecule has 3 fully saturated rings. The molecule has 4 aliphatic rings. The van der Waals surface area contributed by atoms with Crippen LogP contribution in [0.5, 0.6) is 6.01 Å². The number of pyridine rings is 1. The lowest BCUT2D eigenvalue weighted by atomic mass is 9.75. The number of nitrogens with zero attached hydrogens (tertiary/aromatic N) is 8. The van der Waals surface area contributed by atoms with Crippen molar-refractivity contribution in [2.24, 2.45) is 11.8 Å². The molecule has 51 heavy (non-hydrogen) atoms. The van der Waals surface area contributed by atoms with E-state index in [1.54, 1.807) is 17.9 Å². The van der Waals surface area contributed by atoms with E-state index < -0.39 is 29.4 Å². The molecule has 3 saturated heterocycles. The first kappa shape index (κ1) is 35.5. The molecular formula is C35H43F4N9O2S. The summed E-state index contributed by atoms with van der Waals surface area (Å²) in [7, 11) is 1.93. The van der Waals surface area contributed by atoms with Crippen molar-refractivity contribution in [3.8, 4) is 6.01 Å². The van der Waals surface area contributed by atoms with Gasteiger partial charge in [0.25, 0.3) is 0 Å². The molecule has 3 aromatic rings. The summed E-state index contributed by atoms with van der Waals surface area (Å²) in [6, 6.07) is 1.39. The monoisotopic (exact) mass is 729 g/mol. The highest BCUT2D eigenvalue weighted by atomic mass is 32.1. The summed E-state index contributed by atoms with van der Waals surface area (Å²) >= 11 is 1.24. The summed E-state index contributed by atoms with van der Waals surface area (Å²) in [6.07, 6.45) is 0.470. The van der Waals surface area contributed by atoms with Gasteiger partial charge in [-0.15, -0.1) is 0 Å². The molecule has 6 heterocycles. The summed E-state index contributed by atoms with van der Waals surface area (Å²) in [5.74, 6) is 0.636. The van der Waals surface area contributed by atoms with Gasteiger partial charge in [-0.25, -0.2) is 14.4 Å². The van der Waals surface area contributed by atoms with Crippen LogP contribution in [0.1, 0.15) is 71.0 Å². The molecule has 16 heteroatoms. The lowest BCUT2D eigenvalue weighted by Crippen LogP contribution is -2.53. The number of amides is 1. The van der Waals surface area contributed by atoms with Crippen molar-refractivity contribution in [3.05, 3.63) is 51.1 Å². The van der Waals surface area contributed by atoms with Crippen LogP contribution in [0, 0.1) is 25.7 Å². The molecule has 3 aliphatic heterocycles. The Morgan fingerprint density at radius 2 is 1.96 bits per heavy atom. The van der Waals surface area contributed by atoms with Crippen molar-refractivity contribution in [2.75, 3.05) is 57.0 Å². The second-order valence-corrected chi connectivity index (χ2v) is 15.5. The van der Waals surface area contributed by atoms with Crippen molar-refractivity contribution >= 4 is 35.2 Å². The minimum atomic E-state index is -4.60. The molecule has 3 aromatic heterocycles. The number of likely N-dealkylation sites (tertiary alicyclic amines) is 1. The Labute approximate surface area is 298 Å². The van der Waals surface area contributed by atoms with Crippen molar-refractivity contribution in [2.45, 2.75) is 76.7 Å². The number of aromatic nitrogens is 5. The van der Waals surface area contributed by atoms with Crippen LogP contribution in [0.3, 0.4) is 0 Å². The van der Waals surface area contributed by atoms with Gasteiger partial charge in [-0.1, -0.05) is 6.92 Å². The molecule has 0 radical (unpaired) electrons. The first-order valence-corrected chi connectivity index (χ1v) is 18.2. The highest BCUT2D eigenvalue weighted by Crippen LogP contribution is 2.45. The van der Waals surface area contributed by atoms with Gasteiger partial charge >= 0.3 is 12.2 Å². The third-order valence-electron chi connectivity index (χ3n) is 10.9. The predicted molar refractivity (Wildman–Crippen MR) is 185 cm³/mol. The lowest BCUT2D eigenvalue weighted by molar-refractivity contribution is -0.139. The zero-order valence-electron chi connectivity index (χ0n) is 29.2. The van der Waals surface area contributed by atoms with E-state index in [4.69, 9.17) is 20.4 Å². The standard InChI is InChI=1S/C35H43F4N9O2S/c1-19-10-25-26(12-24(19)31-30(35(37,38)39)20(2)11-27(40)43-31)42-33(50-18-34-8-5-9-48(34)17-23(36)13-34)44-32(25)46(4)14-22-15-47(16-22)29(49)7-6-28-41-21(3)45-51-28/h6-7,11,19,22-24H,5,8-10,12-18H2,1-4H3,(H2,40,43)/b7-6+/t19-,23-,24-,34+/m1/s1. The third-order valence-corrected chi connectivity index (χ3v) is 11.7. The van der Waals surface area contributed by atoms with Crippen LogP contribution in [0.2, 0.25) is 0 Å². The van der Waals surface area contributed by atoms with Gasteiger partial charge in [0.15, 0.2) is 0 Å². The SMILES string of the molecule is Cc1nsc(/C=C/C(=O)N2CC(CN(C)c3nc(OC[C@@]45CCCN4C[C@H](F)C5)nc4c3C[C@@H](C)[C@H](c3nc(N)cc(C)c3C(F)(F)F)C4)C2)n1. The number of ether oxygens (including phenoxy) is 1. The van der Waals surface area contributed by atoms with Gasteiger partial charge in [-0.3, -0.25) is 9.69 Å². The number of nitrogen functional groups attached to an aromatic ring is 1. The molecule has 0 spiro atoms. The van der Waals surface area contributed by atoms with Crippen LogP contribution in [0.25, 0.3) is 6.08 Å². The zero-order chi connectivity index (χ0) is 36.2. The Morgan fingerprint density at radius 3 is 2.69 bits per heavy atom. The Bertz CT molecular complexity index is 1830. The van der Waals surface area contributed by atoms with E-state index in [-0.39, 0.29) is 53.9 Å². The molecule has 0 saturated carbocycles. The van der Waals surface area contributed by atoms with E-state index >= 15 is 0 Å². The molecule has 0 unspecified atom stereocenters. The molecule has 1 aliphatic carbocycles. The highest BCUT2D eigenvalue weighted by Gasteiger charge is 2.49. The fourth-order valence-corrected chi connectivity index (χ4v) is 9.04. The molecule has 4 atom stereocenters. The van der Waals surface area contributed by atoms with E-state index in [1.807, 2.05) is 18.9 Å². The Kier molecular flexibility index (Phi) is 9.44. The van der Waals surface area contributed by atoms with Crippen LogP contribution in [0.4, 0.5) is 29.2 Å². The van der Waals surface area contributed by atoms with Gasteiger partial charge in [0.2, 0.25) is 5.91 Å². The number of anilines is 2. The van der Waals surface area contributed by atoms with Crippen molar-refractivity contribution < 1.29 is 27.1 Å². The number of rotatable bonds is 9. The zero-order valence-corrected chi connectivity index (χ0v) is 30.0. The van der Waals surface area contributed by atoms with Crippen LogP contribution in [-0.4, -0.2) is 98.1 Å². The first-order valence-electron chi connectivity index (χ1n) is 17.4. The van der Waals surface area contributed by atoms with Gasteiger partial charge in [0, 0.05) is 63.1 Å². The van der Waals surface area contributed by atoms with E-state index in [0.717, 1.165) is 24.9 Å². The fourth-order valence-electron chi connectivity index (χ4n) is 8.47. The van der Waals surface area contributed by atoms with Crippen LogP contribution < -0.4 is 15.4 Å². The summed E-state index contributed by atoms with van der Waals surface area (Å²) in [4.78, 5) is 36.9. The number of nitrogens with two attached hydrogens (primary N) is 1. The predicted octanol–water partition coefficient (Wildman–Crippen LogP) is 5.02. The normalized spacial score (nSPS) is 25.3. The minimum Gasteiger partial charge on any atom is -0.461 e. The van der Waals surface area contributed by atoms with Gasteiger partial charge in [-0.05, 0) is 81.2 Å². The summed E-state index contributed by atoms with van der Waals surface area (Å²) in [5, 5.41) is 0.676. The topological polar surface area (TPSA) is 126 Å². The molecular weight excluding hydrogens is 687 g/mol. The van der Waals surface area contributed by atoms with Crippen LogP contribution >= 0.6 is 11.5 Å². The number of hydrogen-bond donors (Lipinski definition) is 1. The average molecular weight is 730 g/mol. The molecule has 1 amide bonds. The van der Waals surface area contributed by atoms with Crippen LogP contribution in [-0.2, 0) is 23.8 Å². The highest BCUT2D eigenvalue weighted by molar-refractivity contribution is 7.06. The Balaban J connectivity index is 1.14. The molecule has 11 nitrogen and oxygen atoms in total. The minimum absolute atomic E-state index is 0.0389. The molecule has 0 aromatic carbocycles. The molecule has 274 valence electrons. The van der Waals surface area contributed by atoms with Gasteiger partial charge in [0.05, 0.1) is 22.5 Å². The summed E-state index contributed by atoms with van der Waals surface area (Å²) in [5.41, 5.74) is 6.27. The van der Waals surface area contributed by atoms with Gasteiger partial charge in [-0.2, -0.15) is 27.5 Å². The van der Waals surface area contributed by atoms with Crippen molar-refractivity contribution in [1.29, 1.82) is 0 Å². The maximum absolute atomic E-state index is 14.5. The smallest absolute Gasteiger partial charge is 0.418 e. The number of aryl methyl sites for hydroxylation is 2. The second-order valence-electron chi connectivity index (χ2n) is 14.7. The summed E-state index contributed by atoms with van der Waals surface area (Å²) < 4.78 is 68.2. The Hall–Kier alpha value is -3.92. The quantitative estimate of drug-likeness (QED) is 0.237. The maximum atomic E-state index is 14.5. The van der Waals surface area contributed by atoms with Crippen molar-refractivity contribution in [3.63, 3.8) is 0 Å². The first-order chi connectivity index (χ1) is 24.2. The molecule has 7 rings (SSSR count).